The molecule has 0 aromatic rings. The fourth-order valence-electron chi connectivity index (χ4n) is 0.472. The van der Waals surface area contributed by atoms with E-state index in [1.807, 2.05) is 0 Å². The zero-order valence-corrected chi connectivity index (χ0v) is 12.5. The molecule has 0 aliphatic rings. The van der Waals surface area contributed by atoms with Gasteiger partial charge < -0.3 is 35.3 Å². The van der Waals surface area contributed by atoms with Gasteiger partial charge >= 0.3 is 16.5 Å². The Bertz CT molecular complexity index is 320. The van der Waals surface area contributed by atoms with E-state index in [1.165, 1.54) is 7.11 Å². The molecule has 0 aromatic carbocycles. The minimum atomic E-state index is 0. The predicted octanol–water partition coefficient (Wildman–Crippen LogP) is 0.407. The second-order valence-corrected chi connectivity index (χ2v) is 3.33. The number of nitrogens with one attached hydrogen (secondary N) is 1. The van der Waals surface area contributed by atoms with Gasteiger partial charge in [-0.25, -0.2) is 0 Å². The van der Waals surface area contributed by atoms with E-state index in [0.29, 0.717) is 16.6 Å². The summed E-state index contributed by atoms with van der Waals surface area (Å²) in [7, 11) is 3.10. The molecule has 0 rings (SSSR count). The van der Waals surface area contributed by atoms with Gasteiger partial charge in [0.25, 0.3) is 0 Å². The van der Waals surface area contributed by atoms with Crippen molar-refractivity contribution in [1.82, 2.24) is 5.32 Å². The van der Waals surface area contributed by atoms with Gasteiger partial charge in [-0.05, 0) is 19.0 Å². The minimum Gasteiger partial charge on any atom is -0.741 e. The molecule has 0 spiro atoms. The number of hydrogen-bond donors (Lipinski definition) is 1. The molecular weight excluding hydrogens is 305 g/mol. The third kappa shape index (κ3) is 8.96. The maximum absolute atomic E-state index is 4.80. The van der Waals surface area contributed by atoms with Crippen LogP contribution in [0.5, 0.6) is 0 Å². The van der Waals surface area contributed by atoms with Gasteiger partial charge in [0.1, 0.15) is 0 Å². The Hall–Kier alpha value is -0.786. The van der Waals surface area contributed by atoms with Gasteiger partial charge in [-0.15, -0.1) is 5.10 Å². The molecule has 98 valence electrons. The van der Waals surface area contributed by atoms with Crippen LogP contribution in [0.2, 0.25) is 0 Å². The van der Waals surface area contributed by atoms with Crippen molar-refractivity contribution in [3.05, 3.63) is 0 Å². The molecule has 0 heterocycles. The largest absolute Gasteiger partial charge is 2.00 e. The summed E-state index contributed by atoms with van der Waals surface area (Å²) in [6.07, 6.45) is 0. The normalized spacial score (nSPS) is 14.1. The molecule has 1 N–H and O–H groups in total. The maximum Gasteiger partial charge on any atom is 2.00 e. The van der Waals surface area contributed by atoms with Crippen molar-refractivity contribution in [3.8, 4) is 0 Å². The van der Waals surface area contributed by atoms with Crippen LogP contribution in [0.25, 0.3) is 0 Å². The zero-order chi connectivity index (χ0) is 12.6. The molecule has 0 fully saturated rings. The first kappa shape index (κ1) is 18.6. The molecule has 0 aliphatic heterocycles. The van der Waals surface area contributed by atoms with Crippen molar-refractivity contribution in [2.24, 2.45) is 20.4 Å². The quantitative estimate of drug-likeness (QED) is 0.269. The third-order valence-electron chi connectivity index (χ3n) is 1.48. The molecule has 9 heteroatoms. The first-order valence-electron chi connectivity index (χ1n) is 4.32. The topological polar surface area (TPSA) is 70.7 Å². The second kappa shape index (κ2) is 10.4. The first-order chi connectivity index (χ1) is 7.51. The van der Waals surface area contributed by atoms with Gasteiger partial charge in [0.15, 0.2) is 0 Å². The summed E-state index contributed by atoms with van der Waals surface area (Å²) in [5, 5.41) is 18.1. The fourth-order valence-corrected chi connectivity index (χ4v) is 0.553. The summed E-state index contributed by atoms with van der Waals surface area (Å²) in [6.45, 7) is 3.48. The van der Waals surface area contributed by atoms with Gasteiger partial charge in [0, 0.05) is 7.05 Å². The number of rotatable bonds is 3. The molecule has 0 aliphatic carbocycles. The van der Waals surface area contributed by atoms with Crippen molar-refractivity contribution >= 4 is 47.1 Å². The number of nitrogens with zero attached hydrogens (tertiary/aromatic N) is 4. The number of hydrogen-bond acceptors (Lipinski definition) is 7. The van der Waals surface area contributed by atoms with Gasteiger partial charge in [-0.3, -0.25) is 0 Å². The third-order valence-corrected chi connectivity index (χ3v) is 2.02. The summed E-state index contributed by atoms with van der Waals surface area (Å²) in [5.41, 5.74) is 1.18. The Labute approximate surface area is 122 Å². The van der Waals surface area contributed by atoms with Crippen molar-refractivity contribution in [3.63, 3.8) is 0 Å². The van der Waals surface area contributed by atoms with Crippen LogP contribution in [0.15, 0.2) is 20.4 Å². The van der Waals surface area contributed by atoms with Crippen LogP contribution in [0, 0.1) is 0 Å². The molecule has 0 unspecified atom stereocenters. The SMILES string of the molecule is CN/C([S-])=N/N=C(C)/C(C)=N/N=C(\[S-])OC.[Ni+2]. The average Bonchev–Trinajstić information content (AvgIpc) is 2.31. The zero-order valence-electron chi connectivity index (χ0n) is 9.83. The van der Waals surface area contributed by atoms with Crippen LogP contribution >= 0.6 is 0 Å². The molecule has 6 nitrogen and oxygen atoms in total. The monoisotopic (exact) mass is 317 g/mol. The van der Waals surface area contributed by atoms with Crippen molar-refractivity contribution in [1.29, 1.82) is 0 Å². The molecule has 0 atom stereocenters. The van der Waals surface area contributed by atoms with Crippen LogP contribution < -0.4 is 5.32 Å². The standard InChI is InChI=1S/C8H15N5OS2.Ni/c1-5(10-12-7(15)9-3)6(2)11-13-8(16)14-4;/h1-4H3,(H,13,16)(H2,9,12,15);/q;+2/p-2/b10-5+,11-6+;. The van der Waals surface area contributed by atoms with Crippen LogP contribution in [-0.2, 0) is 46.5 Å². The Balaban J connectivity index is 0. The summed E-state index contributed by atoms with van der Waals surface area (Å²) in [5.74, 6) is 0. The molecule has 17 heavy (non-hydrogen) atoms. The summed E-state index contributed by atoms with van der Waals surface area (Å²) < 4.78 is 4.66. The maximum atomic E-state index is 4.80. The minimum absolute atomic E-state index is 0. The van der Waals surface area contributed by atoms with Gasteiger partial charge in [-0.1, -0.05) is 0 Å². The van der Waals surface area contributed by atoms with Crippen molar-refractivity contribution < 1.29 is 21.2 Å². The van der Waals surface area contributed by atoms with E-state index in [1.54, 1.807) is 20.9 Å². The van der Waals surface area contributed by atoms with E-state index in [2.05, 4.69) is 30.5 Å². The molecule has 0 saturated heterocycles. The van der Waals surface area contributed by atoms with Crippen LogP contribution in [0.1, 0.15) is 13.8 Å². The Kier molecular flexibility index (Phi) is 11.3. The van der Waals surface area contributed by atoms with Crippen LogP contribution in [-0.4, -0.2) is 36.0 Å². The summed E-state index contributed by atoms with van der Waals surface area (Å²) in [4.78, 5) is 0. The van der Waals surface area contributed by atoms with Crippen LogP contribution in [0.4, 0.5) is 0 Å². The Morgan fingerprint density at radius 2 is 1.47 bits per heavy atom. The average molecular weight is 318 g/mol. The Morgan fingerprint density at radius 1 is 1.00 bits per heavy atom. The summed E-state index contributed by atoms with van der Waals surface area (Å²) in [6, 6.07) is 0. The van der Waals surface area contributed by atoms with E-state index in [0.717, 1.165) is 0 Å². The molecular formula is C8H13N5NiOS2. The van der Waals surface area contributed by atoms with Gasteiger partial charge in [-0.2, -0.15) is 15.3 Å². The number of amidine groups is 1. The van der Waals surface area contributed by atoms with Gasteiger partial charge in [0.05, 0.1) is 23.8 Å². The number of ether oxygens (including phenoxy) is 1. The molecule has 0 bridgehead atoms. The molecule has 0 aromatic heterocycles. The second-order valence-electron chi connectivity index (χ2n) is 2.60. The summed E-state index contributed by atoms with van der Waals surface area (Å²) >= 11 is 9.49. The van der Waals surface area contributed by atoms with E-state index in [9.17, 15) is 0 Å². The molecule has 0 amide bonds. The van der Waals surface area contributed by atoms with E-state index in [-0.39, 0.29) is 21.7 Å². The Morgan fingerprint density at radius 3 is 1.88 bits per heavy atom. The van der Waals surface area contributed by atoms with Crippen molar-refractivity contribution in [2.75, 3.05) is 14.2 Å². The van der Waals surface area contributed by atoms with E-state index < -0.39 is 0 Å². The fraction of sp³-hybridized carbons (Fsp3) is 0.500. The molecule has 0 radical (unpaired) electrons. The van der Waals surface area contributed by atoms with Crippen LogP contribution in [0.3, 0.4) is 0 Å². The number of methoxy groups -OCH3 is 1. The van der Waals surface area contributed by atoms with E-state index in [4.69, 9.17) is 25.3 Å². The van der Waals surface area contributed by atoms with Gasteiger partial charge in [0.2, 0.25) is 0 Å². The van der Waals surface area contributed by atoms with Crippen molar-refractivity contribution in [2.45, 2.75) is 13.8 Å². The molecule has 0 saturated carbocycles. The predicted molar refractivity (Wildman–Crippen MR) is 71.9 cm³/mol. The first-order valence-corrected chi connectivity index (χ1v) is 5.13. The van der Waals surface area contributed by atoms with E-state index >= 15 is 0 Å². The smallest absolute Gasteiger partial charge is 0.741 e.